The predicted molar refractivity (Wildman–Crippen MR) is 82.8 cm³/mol. The lowest BCUT2D eigenvalue weighted by Crippen LogP contribution is -2.30. The van der Waals surface area contributed by atoms with Crippen molar-refractivity contribution in [2.24, 2.45) is 7.05 Å². The van der Waals surface area contributed by atoms with Crippen LogP contribution < -0.4 is 10.1 Å². The van der Waals surface area contributed by atoms with Crippen LogP contribution in [0.5, 0.6) is 11.5 Å². The van der Waals surface area contributed by atoms with Crippen molar-refractivity contribution in [3.05, 3.63) is 41.7 Å². The van der Waals surface area contributed by atoms with E-state index in [4.69, 9.17) is 4.74 Å². The molecule has 0 bridgehead atoms. The molecule has 0 saturated heterocycles. The first kappa shape index (κ1) is 15.9. The largest absolute Gasteiger partial charge is 0.504 e. The van der Waals surface area contributed by atoms with Crippen LogP contribution in [-0.4, -0.2) is 27.9 Å². The number of carbonyl (C=O) groups is 1. The second-order valence-electron chi connectivity index (χ2n) is 5.30. The Morgan fingerprint density at radius 2 is 2.14 bits per heavy atom. The van der Waals surface area contributed by atoms with Crippen LogP contribution >= 0.6 is 0 Å². The molecular weight excluding hydrogens is 282 g/mol. The molecule has 22 heavy (non-hydrogen) atoms. The first-order chi connectivity index (χ1) is 10.4. The second kappa shape index (κ2) is 6.51. The van der Waals surface area contributed by atoms with Crippen molar-refractivity contribution in [1.82, 2.24) is 15.1 Å². The van der Waals surface area contributed by atoms with Gasteiger partial charge >= 0.3 is 0 Å². The molecule has 0 saturated carbocycles. The minimum Gasteiger partial charge on any atom is -0.504 e. The van der Waals surface area contributed by atoms with Crippen molar-refractivity contribution in [2.75, 3.05) is 7.11 Å². The first-order valence-electron chi connectivity index (χ1n) is 7.09. The van der Waals surface area contributed by atoms with Gasteiger partial charge in [0, 0.05) is 7.05 Å². The third-order valence-electron chi connectivity index (χ3n) is 3.59. The predicted octanol–water partition coefficient (Wildman–Crippen LogP) is 2.12. The standard InChI is InChI=1S/C16H21N3O3/c1-10(12-6-5-7-13(8-12)22-4)16(21)17-11(2)15-14(20)9-19(3)18-15/h5-11,20H,1-4H3,(H,17,21). The number of nitrogens with one attached hydrogen (secondary N) is 1. The van der Waals surface area contributed by atoms with Crippen molar-refractivity contribution < 1.29 is 14.6 Å². The molecule has 6 heteroatoms. The third-order valence-corrected chi connectivity index (χ3v) is 3.59. The minimum atomic E-state index is -0.373. The van der Waals surface area contributed by atoms with Gasteiger partial charge in [-0.15, -0.1) is 0 Å². The first-order valence-corrected chi connectivity index (χ1v) is 7.09. The van der Waals surface area contributed by atoms with Gasteiger partial charge in [-0.3, -0.25) is 9.48 Å². The Balaban J connectivity index is 2.09. The maximum atomic E-state index is 12.4. The molecule has 2 atom stereocenters. The number of amides is 1. The molecule has 2 N–H and O–H groups in total. The Bertz CT molecular complexity index is 666. The van der Waals surface area contributed by atoms with Crippen LogP contribution in [0.3, 0.4) is 0 Å². The van der Waals surface area contributed by atoms with E-state index in [1.54, 1.807) is 21.1 Å². The number of aromatic nitrogens is 2. The fourth-order valence-corrected chi connectivity index (χ4v) is 2.27. The number of benzene rings is 1. The van der Waals surface area contributed by atoms with Crippen LogP contribution in [0.2, 0.25) is 0 Å². The summed E-state index contributed by atoms with van der Waals surface area (Å²) in [5.74, 6) is 0.325. The van der Waals surface area contributed by atoms with Crippen LogP contribution in [0.4, 0.5) is 0 Å². The lowest BCUT2D eigenvalue weighted by molar-refractivity contribution is -0.122. The molecule has 6 nitrogen and oxygen atoms in total. The normalized spacial score (nSPS) is 13.5. The Kier molecular flexibility index (Phi) is 4.70. The van der Waals surface area contributed by atoms with Gasteiger partial charge in [0.2, 0.25) is 5.91 Å². The highest BCUT2D eigenvalue weighted by atomic mass is 16.5. The molecule has 1 aromatic heterocycles. The van der Waals surface area contributed by atoms with E-state index in [0.29, 0.717) is 11.4 Å². The lowest BCUT2D eigenvalue weighted by Gasteiger charge is -2.17. The van der Waals surface area contributed by atoms with Gasteiger partial charge in [-0.2, -0.15) is 5.10 Å². The molecule has 0 aliphatic carbocycles. The number of hydrogen-bond acceptors (Lipinski definition) is 4. The smallest absolute Gasteiger partial charge is 0.227 e. The molecule has 0 fully saturated rings. The highest BCUT2D eigenvalue weighted by molar-refractivity contribution is 5.83. The molecule has 1 heterocycles. The van der Waals surface area contributed by atoms with Crippen molar-refractivity contribution in [3.8, 4) is 11.5 Å². The molecule has 2 unspecified atom stereocenters. The van der Waals surface area contributed by atoms with Gasteiger partial charge in [0.15, 0.2) is 5.75 Å². The number of ether oxygens (including phenoxy) is 1. The maximum absolute atomic E-state index is 12.4. The van der Waals surface area contributed by atoms with Gasteiger partial charge in [0.25, 0.3) is 0 Å². The number of nitrogens with zero attached hydrogens (tertiary/aromatic N) is 2. The molecule has 0 radical (unpaired) electrons. The van der Waals surface area contributed by atoms with E-state index in [0.717, 1.165) is 5.56 Å². The lowest BCUT2D eigenvalue weighted by atomic mass is 9.99. The van der Waals surface area contributed by atoms with Gasteiger partial charge in [-0.25, -0.2) is 0 Å². The number of aromatic hydroxyl groups is 1. The highest BCUT2D eigenvalue weighted by Gasteiger charge is 2.21. The average molecular weight is 303 g/mol. The van der Waals surface area contributed by atoms with Crippen LogP contribution in [0.1, 0.15) is 37.1 Å². The van der Waals surface area contributed by atoms with E-state index in [1.165, 1.54) is 10.9 Å². The fraction of sp³-hybridized carbons (Fsp3) is 0.375. The summed E-state index contributed by atoms with van der Waals surface area (Å²) >= 11 is 0. The summed E-state index contributed by atoms with van der Waals surface area (Å²) in [6.07, 6.45) is 1.50. The van der Waals surface area contributed by atoms with E-state index in [1.807, 2.05) is 31.2 Å². The van der Waals surface area contributed by atoms with Crippen molar-refractivity contribution in [3.63, 3.8) is 0 Å². The van der Waals surface area contributed by atoms with Crippen LogP contribution in [0.25, 0.3) is 0 Å². The number of hydrogen-bond donors (Lipinski definition) is 2. The highest BCUT2D eigenvalue weighted by Crippen LogP contribution is 2.24. The Labute approximate surface area is 129 Å². The van der Waals surface area contributed by atoms with E-state index >= 15 is 0 Å². The Morgan fingerprint density at radius 1 is 1.41 bits per heavy atom. The van der Waals surface area contributed by atoms with E-state index < -0.39 is 0 Å². The molecular formula is C16H21N3O3. The monoisotopic (exact) mass is 303 g/mol. The number of rotatable bonds is 5. The van der Waals surface area contributed by atoms with Crippen LogP contribution in [0.15, 0.2) is 30.5 Å². The molecule has 2 aromatic rings. The fourth-order valence-electron chi connectivity index (χ4n) is 2.27. The third kappa shape index (κ3) is 3.39. The van der Waals surface area contributed by atoms with Crippen molar-refractivity contribution in [1.29, 1.82) is 0 Å². The zero-order valence-corrected chi connectivity index (χ0v) is 13.2. The van der Waals surface area contributed by atoms with Gasteiger partial charge in [0.1, 0.15) is 11.4 Å². The molecule has 0 spiro atoms. The summed E-state index contributed by atoms with van der Waals surface area (Å²) in [7, 11) is 3.31. The Hall–Kier alpha value is -2.50. The van der Waals surface area contributed by atoms with Crippen LogP contribution in [0, 0.1) is 0 Å². The van der Waals surface area contributed by atoms with Gasteiger partial charge in [-0.05, 0) is 31.5 Å². The van der Waals surface area contributed by atoms with Crippen molar-refractivity contribution in [2.45, 2.75) is 25.8 Å². The molecule has 1 aromatic carbocycles. The van der Waals surface area contributed by atoms with Gasteiger partial charge in [0.05, 0.1) is 25.3 Å². The van der Waals surface area contributed by atoms with Gasteiger partial charge < -0.3 is 15.2 Å². The van der Waals surface area contributed by atoms with Gasteiger partial charge in [-0.1, -0.05) is 12.1 Å². The van der Waals surface area contributed by atoms with E-state index in [2.05, 4.69) is 10.4 Å². The summed E-state index contributed by atoms with van der Waals surface area (Å²) in [6, 6.07) is 7.04. The van der Waals surface area contributed by atoms with E-state index in [9.17, 15) is 9.90 Å². The topological polar surface area (TPSA) is 76.4 Å². The number of carbonyl (C=O) groups excluding carboxylic acids is 1. The van der Waals surface area contributed by atoms with Crippen LogP contribution in [-0.2, 0) is 11.8 Å². The zero-order chi connectivity index (χ0) is 16.3. The summed E-state index contributed by atoms with van der Waals surface area (Å²) in [6.45, 7) is 3.62. The summed E-state index contributed by atoms with van der Waals surface area (Å²) in [4.78, 5) is 12.4. The summed E-state index contributed by atoms with van der Waals surface area (Å²) in [5, 5.41) is 16.8. The maximum Gasteiger partial charge on any atom is 0.227 e. The zero-order valence-electron chi connectivity index (χ0n) is 13.2. The second-order valence-corrected chi connectivity index (χ2v) is 5.30. The minimum absolute atomic E-state index is 0.0735. The molecule has 1 amide bonds. The number of methoxy groups -OCH3 is 1. The molecule has 2 rings (SSSR count). The summed E-state index contributed by atoms with van der Waals surface area (Å²) < 4.78 is 6.69. The molecule has 0 aliphatic heterocycles. The quantitative estimate of drug-likeness (QED) is 0.887. The summed E-state index contributed by atoms with van der Waals surface area (Å²) in [5.41, 5.74) is 1.32. The average Bonchev–Trinajstić information content (AvgIpc) is 2.85. The van der Waals surface area contributed by atoms with E-state index in [-0.39, 0.29) is 23.6 Å². The van der Waals surface area contributed by atoms with Crippen molar-refractivity contribution >= 4 is 5.91 Å². The SMILES string of the molecule is COc1cccc(C(C)C(=O)NC(C)c2nn(C)cc2O)c1. The Morgan fingerprint density at radius 3 is 2.73 bits per heavy atom. The molecule has 118 valence electrons. The number of aryl methyl sites for hydroxylation is 1. The molecule has 0 aliphatic rings.